The Morgan fingerprint density at radius 3 is 2.47 bits per heavy atom. The van der Waals surface area contributed by atoms with Crippen LogP contribution in [-0.4, -0.2) is 110 Å². The molecule has 1 atom stereocenters. The molecule has 1 amide bonds. The van der Waals surface area contributed by atoms with Crippen LogP contribution in [-0.2, 0) is 35.8 Å². The summed E-state index contributed by atoms with van der Waals surface area (Å²) in [5, 5.41) is 5.86. The highest BCUT2D eigenvalue weighted by Gasteiger charge is 2.31. The summed E-state index contributed by atoms with van der Waals surface area (Å²) in [7, 11) is 2.90. The number of aryl methyl sites for hydroxylation is 1. The predicted molar refractivity (Wildman–Crippen MR) is 204 cm³/mol. The molecule has 4 aromatic rings. The maximum atomic E-state index is 12.9. The molecule has 2 aliphatic rings. The highest BCUT2D eigenvalue weighted by Crippen LogP contribution is 2.36. The number of amides is 1. The number of benzene rings is 2. The van der Waals surface area contributed by atoms with Crippen molar-refractivity contribution in [2.75, 3.05) is 69.8 Å². The Balaban J connectivity index is 1.20. The van der Waals surface area contributed by atoms with E-state index in [1.807, 2.05) is 62.2 Å². The maximum absolute atomic E-state index is 12.9. The zero-order chi connectivity index (χ0) is 36.1. The molecular formula is C38H54N8O4Si. The van der Waals surface area contributed by atoms with Crippen molar-refractivity contribution in [3.63, 3.8) is 0 Å². The lowest BCUT2D eigenvalue weighted by molar-refractivity contribution is 0.0817. The lowest BCUT2D eigenvalue weighted by Gasteiger charge is -2.38. The molecule has 12 nitrogen and oxygen atoms in total. The first-order valence-electron chi connectivity index (χ1n) is 18.1. The van der Waals surface area contributed by atoms with E-state index in [9.17, 15) is 4.79 Å². The van der Waals surface area contributed by atoms with Crippen molar-refractivity contribution in [1.82, 2.24) is 29.5 Å². The fraction of sp³-hybridized carbons (Fsp3) is 0.526. The third-order valence-corrected chi connectivity index (χ3v) is 11.2. The van der Waals surface area contributed by atoms with Gasteiger partial charge >= 0.3 is 12.1 Å². The summed E-state index contributed by atoms with van der Waals surface area (Å²) in [6.07, 6.45) is 2.40. The van der Waals surface area contributed by atoms with E-state index in [1.54, 1.807) is 4.90 Å². The number of rotatable bonds is 13. The van der Waals surface area contributed by atoms with E-state index in [2.05, 4.69) is 53.4 Å². The number of ether oxygens (including phenoxy) is 3. The minimum Gasteiger partial charge on any atom is -0.459 e. The van der Waals surface area contributed by atoms with Gasteiger partial charge in [0.2, 0.25) is 0 Å². The van der Waals surface area contributed by atoms with Crippen LogP contribution in [0.15, 0.2) is 48.7 Å². The van der Waals surface area contributed by atoms with E-state index in [1.165, 1.54) is 11.3 Å². The number of hydrogen-bond donors (Lipinski definition) is 0. The standard InChI is InChI=1S/C38H54N8O4Si/c1-28-13-14-34-32(23-39-46(34)27-48-21-22-51(5,6)7)35(28)45-16-15-31-33(25-45)40-37(50-29(2)24-42(3)4)41-36(31)43-17-19-44(20-18-43)38(47)49-26-30-11-9-8-10-12-30/h8-14,23,29H,15-22,24-27H2,1-7H3. The number of nitrogens with zero attached hydrogens (tertiary/aromatic N) is 8. The highest BCUT2D eigenvalue weighted by atomic mass is 28.3. The van der Waals surface area contributed by atoms with E-state index in [0.29, 0.717) is 45.5 Å². The first-order chi connectivity index (χ1) is 24.4. The van der Waals surface area contributed by atoms with Crippen LogP contribution in [0.1, 0.15) is 29.3 Å². The highest BCUT2D eigenvalue weighted by molar-refractivity contribution is 6.76. The van der Waals surface area contributed by atoms with Gasteiger partial charge in [-0.25, -0.2) is 9.48 Å². The number of aromatic nitrogens is 4. The van der Waals surface area contributed by atoms with Crippen LogP contribution >= 0.6 is 0 Å². The lowest BCUT2D eigenvalue weighted by Crippen LogP contribution is -2.49. The molecule has 1 unspecified atom stereocenters. The summed E-state index contributed by atoms with van der Waals surface area (Å²) in [5.74, 6) is 0.905. The summed E-state index contributed by atoms with van der Waals surface area (Å²) in [5.41, 5.74) is 6.55. The summed E-state index contributed by atoms with van der Waals surface area (Å²) in [6.45, 7) is 17.4. The van der Waals surface area contributed by atoms with E-state index in [4.69, 9.17) is 29.3 Å². The van der Waals surface area contributed by atoms with Gasteiger partial charge in [0.05, 0.1) is 29.6 Å². The molecular weight excluding hydrogens is 661 g/mol. The molecule has 0 N–H and O–H groups in total. The molecule has 1 saturated heterocycles. The van der Waals surface area contributed by atoms with Gasteiger partial charge in [-0.3, -0.25) is 0 Å². The molecule has 2 aromatic carbocycles. The van der Waals surface area contributed by atoms with Gasteiger partial charge in [0.1, 0.15) is 25.3 Å². The number of anilines is 2. The Kier molecular flexibility index (Phi) is 11.5. The van der Waals surface area contributed by atoms with Crippen LogP contribution < -0.4 is 14.5 Å². The summed E-state index contributed by atoms with van der Waals surface area (Å²) < 4.78 is 20.0. The molecule has 13 heteroatoms. The molecule has 0 aliphatic carbocycles. The molecule has 0 radical (unpaired) electrons. The summed E-state index contributed by atoms with van der Waals surface area (Å²) in [6, 6.07) is 15.6. The van der Waals surface area contributed by atoms with Gasteiger partial charge in [0.25, 0.3) is 0 Å². The number of carbonyl (C=O) groups is 1. The second kappa shape index (κ2) is 16.0. The third kappa shape index (κ3) is 9.18. The molecule has 2 aromatic heterocycles. The number of likely N-dealkylation sites (N-methyl/N-ethyl adjacent to an activating group) is 1. The van der Waals surface area contributed by atoms with Gasteiger partial charge < -0.3 is 33.8 Å². The maximum Gasteiger partial charge on any atom is 0.410 e. The molecule has 0 spiro atoms. The van der Waals surface area contributed by atoms with E-state index in [0.717, 1.165) is 65.7 Å². The monoisotopic (exact) mass is 714 g/mol. The molecule has 4 heterocycles. The second-order valence-corrected chi connectivity index (χ2v) is 20.9. The molecule has 6 rings (SSSR count). The summed E-state index contributed by atoms with van der Waals surface area (Å²) >= 11 is 0. The van der Waals surface area contributed by atoms with Gasteiger partial charge in [-0.2, -0.15) is 15.1 Å². The Bertz CT molecular complexity index is 1790. The van der Waals surface area contributed by atoms with Gasteiger partial charge in [0, 0.05) is 64.9 Å². The second-order valence-electron chi connectivity index (χ2n) is 15.3. The number of carbonyl (C=O) groups excluding carboxylic acids is 1. The summed E-state index contributed by atoms with van der Waals surface area (Å²) in [4.78, 5) is 31.6. The molecule has 0 bridgehead atoms. The van der Waals surface area contributed by atoms with Crippen molar-refractivity contribution < 1.29 is 19.0 Å². The Morgan fingerprint density at radius 2 is 1.75 bits per heavy atom. The van der Waals surface area contributed by atoms with Gasteiger partial charge in [-0.1, -0.05) is 56.0 Å². The van der Waals surface area contributed by atoms with Crippen LogP contribution in [0.2, 0.25) is 25.7 Å². The van der Waals surface area contributed by atoms with Crippen molar-refractivity contribution in [2.24, 2.45) is 0 Å². The largest absolute Gasteiger partial charge is 0.459 e. The quantitative estimate of drug-likeness (QED) is 0.125. The SMILES string of the molecule is Cc1ccc2c(cnn2COCC[Si](C)(C)C)c1N1CCc2c(nc(OC(C)CN(C)C)nc2N2CCN(C(=O)OCc3ccccc3)CC2)C1. The number of hydrogen-bond acceptors (Lipinski definition) is 10. The minimum atomic E-state index is -1.17. The smallest absolute Gasteiger partial charge is 0.410 e. The molecule has 1 fully saturated rings. The first-order valence-corrected chi connectivity index (χ1v) is 21.9. The third-order valence-electron chi connectivity index (χ3n) is 9.52. The fourth-order valence-corrected chi connectivity index (χ4v) is 7.59. The first kappa shape index (κ1) is 36.6. The van der Waals surface area contributed by atoms with Crippen molar-refractivity contribution >= 4 is 36.6 Å². The van der Waals surface area contributed by atoms with Crippen molar-refractivity contribution in [2.45, 2.75) is 71.9 Å². The van der Waals surface area contributed by atoms with Gasteiger partial charge in [-0.15, -0.1) is 0 Å². The zero-order valence-electron chi connectivity index (χ0n) is 31.4. The van der Waals surface area contributed by atoms with Gasteiger partial charge in [0.15, 0.2) is 0 Å². The topological polar surface area (TPSA) is 101 Å². The van der Waals surface area contributed by atoms with Gasteiger partial charge in [-0.05, 0) is 57.6 Å². The van der Waals surface area contributed by atoms with Crippen LogP contribution in [0.5, 0.6) is 6.01 Å². The van der Waals surface area contributed by atoms with E-state index >= 15 is 0 Å². The van der Waals surface area contributed by atoms with Crippen LogP contribution in [0.4, 0.5) is 16.3 Å². The molecule has 274 valence electrons. The molecule has 51 heavy (non-hydrogen) atoms. The van der Waals surface area contributed by atoms with E-state index < -0.39 is 8.07 Å². The number of piperazine rings is 1. The zero-order valence-corrected chi connectivity index (χ0v) is 32.4. The molecule has 2 aliphatic heterocycles. The van der Waals surface area contributed by atoms with Crippen LogP contribution in [0.25, 0.3) is 10.9 Å². The predicted octanol–water partition coefficient (Wildman–Crippen LogP) is 5.80. The average molecular weight is 715 g/mol. The molecule has 0 saturated carbocycles. The normalized spacial score (nSPS) is 15.7. The minimum absolute atomic E-state index is 0.0865. The Morgan fingerprint density at radius 1 is 0.980 bits per heavy atom. The fourth-order valence-electron chi connectivity index (χ4n) is 6.84. The van der Waals surface area contributed by atoms with Crippen molar-refractivity contribution in [3.8, 4) is 6.01 Å². The average Bonchev–Trinajstić information content (AvgIpc) is 3.50. The van der Waals surface area contributed by atoms with Crippen LogP contribution in [0.3, 0.4) is 0 Å². The Labute approximate surface area is 303 Å². The van der Waals surface area contributed by atoms with Crippen molar-refractivity contribution in [3.05, 3.63) is 71.0 Å². The van der Waals surface area contributed by atoms with Crippen molar-refractivity contribution in [1.29, 1.82) is 0 Å². The number of fused-ring (bicyclic) bond motifs is 2. The van der Waals surface area contributed by atoms with Crippen LogP contribution in [0, 0.1) is 6.92 Å². The van der Waals surface area contributed by atoms with E-state index in [-0.39, 0.29) is 18.8 Å². The Hall–Kier alpha value is -4.20. The lowest BCUT2D eigenvalue weighted by atomic mass is 10.0.